The van der Waals surface area contributed by atoms with Gasteiger partial charge in [0.1, 0.15) is 32.9 Å². The second-order valence-electron chi connectivity index (χ2n) is 10.9. The van der Waals surface area contributed by atoms with Crippen LogP contribution < -0.4 is 20.7 Å². The van der Waals surface area contributed by atoms with E-state index >= 15 is 0 Å². The molecule has 2 heterocycles. The SMILES string of the molecule is Cc1ccc(-n2nc([Si](C)(C)C)cc2NC(=O)Nc2ccc(OCCN3CCOCC3=O)c3ccccc23)cc1. The van der Waals surface area contributed by atoms with Crippen LogP contribution in [0.4, 0.5) is 16.3 Å². The van der Waals surface area contributed by atoms with E-state index < -0.39 is 8.07 Å². The van der Waals surface area contributed by atoms with E-state index in [0.717, 1.165) is 27.3 Å². The third kappa shape index (κ3) is 6.18. The van der Waals surface area contributed by atoms with Crippen molar-refractivity contribution in [1.82, 2.24) is 14.7 Å². The van der Waals surface area contributed by atoms with Crippen molar-refractivity contribution in [3.63, 3.8) is 0 Å². The number of hydrogen-bond acceptors (Lipinski definition) is 5. The van der Waals surface area contributed by atoms with E-state index in [9.17, 15) is 9.59 Å². The third-order valence-electron chi connectivity index (χ3n) is 6.83. The minimum Gasteiger partial charge on any atom is -0.491 e. The number of nitrogens with one attached hydrogen (secondary N) is 2. The fourth-order valence-corrected chi connectivity index (χ4v) is 5.52. The number of urea groups is 1. The van der Waals surface area contributed by atoms with Gasteiger partial charge in [-0.15, -0.1) is 0 Å². The van der Waals surface area contributed by atoms with Gasteiger partial charge in [-0.05, 0) is 37.3 Å². The summed E-state index contributed by atoms with van der Waals surface area (Å²) in [6.45, 7) is 10.8. The van der Waals surface area contributed by atoms with E-state index in [0.29, 0.717) is 43.6 Å². The molecular weight excluding hydrogens is 522 g/mol. The van der Waals surface area contributed by atoms with Crippen molar-refractivity contribution < 1.29 is 19.1 Å². The number of carbonyl (C=O) groups excluding carboxylic acids is 2. The molecule has 4 aromatic rings. The second-order valence-corrected chi connectivity index (χ2v) is 15.9. The van der Waals surface area contributed by atoms with E-state index in [-0.39, 0.29) is 18.5 Å². The molecule has 9 nitrogen and oxygen atoms in total. The van der Waals surface area contributed by atoms with Gasteiger partial charge in [-0.1, -0.05) is 61.6 Å². The van der Waals surface area contributed by atoms with Crippen LogP contribution >= 0.6 is 0 Å². The van der Waals surface area contributed by atoms with Gasteiger partial charge >= 0.3 is 6.03 Å². The number of anilines is 2. The third-order valence-corrected chi connectivity index (χ3v) is 8.61. The molecule has 3 aromatic carbocycles. The van der Waals surface area contributed by atoms with Gasteiger partial charge in [0.05, 0.1) is 24.5 Å². The van der Waals surface area contributed by atoms with Crippen LogP contribution in [-0.4, -0.2) is 67.6 Å². The van der Waals surface area contributed by atoms with Crippen molar-refractivity contribution in [2.45, 2.75) is 26.6 Å². The average molecular weight is 558 g/mol. The quantitative estimate of drug-likeness (QED) is 0.305. The first-order chi connectivity index (χ1) is 19.2. The second kappa shape index (κ2) is 11.5. The van der Waals surface area contributed by atoms with Crippen molar-refractivity contribution in [3.05, 3.63) is 72.3 Å². The highest BCUT2D eigenvalue weighted by molar-refractivity contribution is 6.88. The molecule has 0 radical (unpaired) electrons. The average Bonchev–Trinajstić information content (AvgIpc) is 3.35. The van der Waals surface area contributed by atoms with Gasteiger partial charge in [-0.25, -0.2) is 9.48 Å². The van der Waals surface area contributed by atoms with Crippen LogP contribution in [0.1, 0.15) is 5.56 Å². The Hall–Kier alpha value is -4.15. The summed E-state index contributed by atoms with van der Waals surface area (Å²) >= 11 is 0. The number of aryl methyl sites for hydroxylation is 1. The van der Waals surface area contributed by atoms with Gasteiger partial charge in [-0.2, -0.15) is 5.10 Å². The number of nitrogens with zero attached hydrogens (tertiary/aromatic N) is 3. The summed E-state index contributed by atoms with van der Waals surface area (Å²) in [5, 5.41) is 13.6. The number of ether oxygens (including phenoxy) is 2. The fraction of sp³-hybridized carbons (Fsp3) is 0.300. The Morgan fingerprint density at radius 2 is 1.77 bits per heavy atom. The molecule has 0 saturated carbocycles. The molecule has 1 aliphatic heterocycles. The van der Waals surface area contributed by atoms with Gasteiger partial charge in [-0.3, -0.25) is 10.1 Å². The van der Waals surface area contributed by atoms with Crippen molar-refractivity contribution in [2.75, 3.05) is 43.5 Å². The number of morpholine rings is 1. The molecule has 0 unspecified atom stereocenters. The lowest BCUT2D eigenvalue weighted by atomic mass is 10.1. The van der Waals surface area contributed by atoms with Crippen LogP contribution in [0, 0.1) is 6.92 Å². The summed E-state index contributed by atoms with van der Waals surface area (Å²) < 4.78 is 13.0. The lowest BCUT2D eigenvalue weighted by molar-refractivity contribution is -0.143. The number of benzene rings is 3. The zero-order valence-corrected chi connectivity index (χ0v) is 24.4. The van der Waals surface area contributed by atoms with Crippen LogP contribution in [-0.2, 0) is 9.53 Å². The lowest BCUT2D eigenvalue weighted by Crippen LogP contribution is -2.43. The molecule has 40 heavy (non-hydrogen) atoms. The number of rotatable bonds is 8. The number of hydrogen-bond donors (Lipinski definition) is 2. The Labute approximate surface area is 235 Å². The van der Waals surface area contributed by atoms with Crippen LogP contribution in [0.5, 0.6) is 5.75 Å². The van der Waals surface area contributed by atoms with E-state index in [4.69, 9.17) is 14.6 Å². The summed E-state index contributed by atoms with van der Waals surface area (Å²) in [4.78, 5) is 27.0. The molecule has 1 aliphatic rings. The molecule has 208 valence electrons. The minimum absolute atomic E-state index is 0.0223. The molecule has 5 rings (SSSR count). The lowest BCUT2D eigenvalue weighted by Gasteiger charge is -2.26. The van der Waals surface area contributed by atoms with Gasteiger partial charge in [0, 0.05) is 22.6 Å². The molecule has 1 aromatic heterocycles. The highest BCUT2D eigenvalue weighted by Gasteiger charge is 2.24. The summed E-state index contributed by atoms with van der Waals surface area (Å²) in [6.07, 6.45) is 0. The van der Waals surface area contributed by atoms with Crippen molar-refractivity contribution >= 4 is 47.6 Å². The van der Waals surface area contributed by atoms with Gasteiger partial charge in [0.25, 0.3) is 0 Å². The Bertz CT molecular complexity index is 1530. The summed E-state index contributed by atoms with van der Waals surface area (Å²) in [6, 6.07) is 21.1. The molecule has 3 amide bonds. The Kier molecular flexibility index (Phi) is 7.90. The number of fused-ring (bicyclic) bond motifs is 1. The molecule has 0 aliphatic carbocycles. The molecule has 0 spiro atoms. The van der Waals surface area contributed by atoms with Crippen molar-refractivity contribution in [1.29, 1.82) is 0 Å². The molecule has 1 fully saturated rings. The molecule has 0 bridgehead atoms. The van der Waals surface area contributed by atoms with Gasteiger partial charge in [0.2, 0.25) is 5.91 Å². The van der Waals surface area contributed by atoms with Gasteiger partial charge in [0.15, 0.2) is 0 Å². The monoisotopic (exact) mass is 557 g/mol. The first-order valence-corrected chi connectivity index (χ1v) is 16.9. The van der Waals surface area contributed by atoms with Crippen LogP contribution in [0.15, 0.2) is 66.7 Å². The van der Waals surface area contributed by atoms with Crippen molar-refractivity contribution in [2.24, 2.45) is 0 Å². The fourth-order valence-electron chi connectivity index (χ4n) is 4.55. The van der Waals surface area contributed by atoms with E-state index in [1.54, 1.807) is 9.58 Å². The van der Waals surface area contributed by atoms with Crippen LogP contribution in [0.2, 0.25) is 19.6 Å². The maximum Gasteiger partial charge on any atom is 0.324 e. The Morgan fingerprint density at radius 1 is 1.02 bits per heavy atom. The predicted molar refractivity (Wildman–Crippen MR) is 161 cm³/mol. The summed E-state index contributed by atoms with van der Waals surface area (Å²) in [5.41, 5.74) is 2.70. The molecular formula is C30H35N5O4Si. The minimum atomic E-state index is -1.73. The van der Waals surface area contributed by atoms with E-state index in [1.165, 1.54) is 0 Å². The largest absolute Gasteiger partial charge is 0.491 e. The topological polar surface area (TPSA) is 97.7 Å². The molecule has 2 N–H and O–H groups in total. The normalized spacial score (nSPS) is 13.9. The highest BCUT2D eigenvalue weighted by atomic mass is 28.3. The summed E-state index contributed by atoms with van der Waals surface area (Å²) in [5.74, 6) is 1.28. The van der Waals surface area contributed by atoms with Crippen molar-refractivity contribution in [3.8, 4) is 11.4 Å². The maximum atomic E-state index is 13.3. The zero-order valence-electron chi connectivity index (χ0n) is 23.4. The smallest absolute Gasteiger partial charge is 0.324 e. The van der Waals surface area contributed by atoms with Gasteiger partial charge < -0.3 is 19.7 Å². The Morgan fingerprint density at radius 3 is 2.50 bits per heavy atom. The number of aromatic nitrogens is 2. The summed E-state index contributed by atoms with van der Waals surface area (Å²) in [7, 11) is -1.73. The van der Waals surface area contributed by atoms with E-state index in [1.807, 2.05) is 73.7 Å². The first-order valence-electron chi connectivity index (χ1n) is 13.4. The van der Waals surface area contributed by atoms with Crippen LogP contribution in [0.25, 0.3) is 16.5 Å². The zero-order chi connectivity index (χ0) is 28.3. The number of carbonyl (C=O) groups is 2. The standard InChI is InChI=1S/C30H35N5O4Si/c1-21-9-11-22(12-10-21)35-27(19-28(33-35)40(2,3)4)32-30(37)31-25-13-14-26(24-8-6-5-7-23(24)25)39-18-16-34-15-17-38-20-29(34)36/h5-14,19H,15-18,20H2,1-4H3,(H2,31,32,37). The molecule has 0 atom stereocenters. The maximum absolute atomic E-state index is 13.3. The molecule has 1 saturated heterocycles. The number of amides is 3. The van der Waals surface area contributed by atoms with Crippen LogP contribution in [0.3, 0.4) is 0 Å². The van der Waals surface area contributed by atoms with E-state index in [2.05, 4.69) is 30.3 Å². The predicted octanol–water partition coefficient (Wildman–Crippen LogP) is 4.76. The highest BCUT2D eigenvalue weighted by Crippen LogP contribution is 2.32. The Balaban J connectivity index is 1.33. The first kappa shape index (κ1) is 27.4. The molecule has 10 heteroatoms.